The molecule has 0 unspecified atom stereocenters. The van der Waals surface area contributed by atoms with Gasteiger partial charge in [0.15, 0.2) is 0 Å². The van der Waals surface area contributed by atoms with Crippen molar-refractivity contribution in [1.29, 1.82) is 5.26 Å². The maximum Gasteiger partial charge on any atom is 0.253 e. The summed E-state index contributed by atoms with van der Waals surface area (Å²) in [5, 5.41) is 14.8. The Labute approximate surface area is 157 Å². The standard InChI is InChI=1S/C20H21N5O2/c1-14-10-18(15(2)25(14)13-17-4-3-9-27-17)20(26)23-8-7-22-19-6-5-16(11-21)12-24-19/h3-6,9-10,12H,7-8,13H2,1-2H3,(H,22,24)(H,23,26). The van der Waals surface area contributed by atoms with Gasteiger partial charge in [-0.1, -0.05) is 0 Å². The Bertz CT molecular complexity index is 950. The molecular weight excluding hydrogens is 342 g/mol. The first-order valence-electron chi connectivity index (χ1n) is 8.66. The molecule has 3 rings (SSSR count). The molecule has 0 aliphatic carbocycles. The smallest absolute Gasteiger partial charge is 0.253 e. The zero-order valence-corrected chi connectivity index (χ0v) is 15.3. The third-order valence-electron chi connectivity index (χ3n) is 4.32. The van der Waals surface area contributed by atoms with Crippen LogP contribution in [0.3, 0.4) is 0 Å². The molecule has 0 aliphatic rings. The van der Waals surface area contributed by atoms with Crippen molar-refractivity contribution in [3.8, 4) is 6.07 Å². The lowest BCUT2D eigenvalue weighted by Crippen LogP contribution is -2.29. The molecule has 0 bridgehead atoms. The number of hydrogen-bond acceptors (Lipinski definition) is 5. The van der Waals surface area contributed by atoms with E-state index < -0.39 is 0 Å². The molecule has 2 N–H and O–H groups in total. The minimum absolute atomic E-state index is 0.108. The summed E-state index contributed by atoms with van der Waals surface area (Å²) in [7, 11) is 0. The molecule has 0 saturated heterocycles. The number of anilines is 1. The Kier molecular flexibility index (Phi) is 5.57. The lowest BCUT2D eigenvalue weighted by Gasteiger charge is -2.09. The Hall–Kier alpha value is -3.53. The fourth-order valence-electron chi connectivity index (χ4n) is 2.86. The number of carbonyl (C=O) groups excluding carboxylic acids is 1. The third kappa shape index (κ3) is 4.36. The highest BCUT2D eigenvalue weighted by Gasteiger charge is 2.16. The van der Waals surface area contributed by atoms with Gasteiger partial charge in [-0.05, 0) is 44.2 Å². The maximum absolute atomic E-state index is 12.5. The first-order chi connectivity index (χ1) is 13.1. The predicted molar refractivity (Wildman–Crippen MR) is 101 cm³/mol. The van der Waals surface area contributed by atoms with Gasteiger partial charge in [-0.25, -0.2) is 4.98 Å². The highest BCUT2D eigenvalue weighted by molar-refractivity contribution is 5.95. The fourth-order valence-corrected chi connectivity index (χ4v) is 2.86. The van der Waals surface area contributed by atoms with E-state index in [1.54, 1.807) is 18.4 Å². The van der Waals surface area contributed by atoms with Crippen molar-refractivity contribution < 1.29 is 9.21 Å². The summed E-state index contributed by atoms with van der Waals surface area (Å²) in [6.07, 6.45) is 3.15. The number of furan rings is 1. The molecular formula is C20H21N5O2. The highest BCUT2D eigenvalue weighted by atomic mass is 16.3. The topological polar surface area (TPSA) is 95.9 Å². The highest BCUT2D eigenvalue weighted by Crippen LogP contribution is 2.17. The Balaban J connectivity index is 1.54. The molecule has 1 amide bonds. The van der Waals surface area contributed by atoms with Crippen LogP contribution < -0.4 is 10.6 Å². The van der Waals surface area contributed by atoms with Gasteiger partial charge in [0.2, 0.25) is 0 Å². The minimum atomic E-state index is -0.108. The molecule has 3 heterocycles. The summed E-state index contributed by atoms with van der Waals surface area (Å²) >= 11 is 0. The number of rotatable bonds is 7. The van der Waals surface area contributed by atoms with Gasteiger partial charge in [-0.15, -0.1) is 0 Å². The number of hydrogen-bond donors (Lipinski definition) is 2. The summed E-state index contributed by atoms with van der Waals surface area (Å²) in [5.41, 5.74) is 3.09. The van der Waals surface area contributed by atoms with Crippen LogP contribution in [0.1, 0.15) is 33.1 Å². The lowest BCUT2D eigenvalue weighted by atomic mass is 10.2. The normalized spacial score (nSPS) is 10.4. The second-order valence-electron chi connectivity index (χ2n) is 6.18. The molecule has 0 atom stereocenters. The molecule has 3 aromatic rings. The number of pyridine rings is 1. The first kappa shape index (κ1) is 18.3. The number of nitriles is 1. The number of carbonyl (C=O) groups is 1. The molecule has 0 spiro atoms. The Morgan fingerprint density at radius 1 is 1.30 bits per heavy atom. The van der Waals surface area contributed by atoms with Crippen LogP contribution in [0.15, 0.2) is 47.2 Å². The molecule has 27 heavy (non-hydrogen) atoms. The molecule has 7 heteroatoms. The van der Waals surface area contributed by atoms with Gasteiger partial charge in [0.25, 0.3) is 5.91 Å². The summed E-state index contributed by atoms with van der Waals surface area (Å²) < 4.78 is 7.46. The average Bonchev–Trinajstić information content (AvgIpc) is 3.29. The van der Waals surface area contributed by atoms with Crippen molar-refractivity contribution in [1.82, 2.24) is 14.9 Å². The van der Waals surface area contributed by atoms with E-state index in [9.17, 15) is 4.79 Å². The second kappa shape index (κ2) is 8.23. The SMILES string of the molecule is Cc1cc(C(=O)NCCNc2ccc(C#N)cn2)c(C)n1Cc1ccco1. The maximum atomic E-state index is 12.5. The fraction of sp³-hybridized carbons (Fsp3) is 0.250. The Morgan fingerprint density at radius 3 is 2.81 bits per heavy atom. The first-order valence-corrected chi connectivity index (χ1v) is 8.66. The van der Waals surface area contributed by atoms with E-state index in [-0.39, 0.29) is 5.91 Å². The van der Waals surface area contributed by atoms with Crippen molar-refractivity contribution >= 4 is 11.7 Å². The van der Waals surface area contributed by atoms with Gasteiger partial charge in [0, 0.05) is 30.7 Å². The number of nitrogens with zero attached hydrogens (tertiary/aromatic N) is 3. The molecule has 7 nitrogen and oxygen atoms in total. The van der Waals surface area contributed by atoms with E-state index in [2.05, 4.69) is 20.2 Å². The zero-order chi connectivity index (χ0) is 19.2. The van der Waals surface area contributed by atoms with Gasteiger partial charge >= 0.3 is 0 Å². The van der Waals surface area contributed by atoms with Crippen LogP contribution in [0.2, 0.25) is 0 Å². The van der Waals surface area contributed by atoms with Crippen LogP contribution in [-0.2, 0) is 6.54 Å². The van der Waals surface area contributed by atoms with E-state index in [1.807, 2.05) is 38.1 Å². The van der Waals surface area contributed by atoms with Crippen molar-refractivity contribution in [3.63, 3.8) is 0 Å². The Morgan fingerprint density at radius 2 is 2.15 bits per heavy atom. The quantitative estimate of drug-likeness (QED) is 0.629. The molecule has 0 saturated carbocycles. The van der Waals surface area contributed by atoms with Crippen LogP contribution in [0.5, 0.6) is 0 Å². The molecule has 0 radical (unpaired) electrons. The van der Waals surface area contributed by atoms with Gasteiger partial charge < -0.3 is 19.6 Å². The van der Waals surface area contributed by atoms with Crippen LogP contribution in [0.25, 0.3) is 0 Å². The summed E-state index contributed by atoms with van der Waals surface area (Å²) in [4.78, 5) is 16.6. The van der Waals surface area contributed by atoms with Crippen molar-refractivity contribution in [2.24, 2.45) is 0 Å². The van der Waals surface area contributed by atoms with Gasteiger partial charge in [0.05, 0.1) is 23.9 Å². The summed E-state index contributed by atoms with van der Waals surface area (Å²) in [6.45, 7) is 5.51. The molecule has 138 valence electrons. The van der Waals surface area contributed by atoms with E-state index in [4.69, 9.17) is 9.68 Å². The van der Waals surface area contributed by atoms with Crippen LogP contribution >= 0.6 is 0 Å². The molecule has 0 aromatic carbocycles. The van der Waals surface area contributed by atoms with E-state index in [0.717, 1.165) is 17.1 Å². The minimum Gasteiger partial charge on any atom is -0.467 e. The van der Waals surface area contributed by atoms with Crippen LogP contribution in [0.4, 0.5) is 5.82 Å². The molecule has 3 aromatic heterocycles. The van der Waals surface area contributed by atoms with Crippen LogP contribution in [0, 0.1) is 25.2 Å². The van der Waals surface area contributed by atoms with E-state index >= 15 is 0 Å². The summed E-state index contributed by atoms with van der Waals surface area (Å²) in [6, 6.07) is 11.1. The van der Waals surface area contributed by atoms with Gasteiger partial charge in [0.1, 0.15) is 17.6 Å². The molecule has 0 aliphatic heterocycles. The third-order valence-corrected chi connectivity index (χ3v) is 4.32. The van der Waals surface area contributed by atoms with E-state index in [0.29, 0.717) is 36.6 Å². The molecule has 0 fully saturated rings. The van der Waals surface area contributed by atoms with E-state index in [1.165, 1.54) is 6.20 Å². The van der Waals surface area contributed by atoms with Crippen LogP contribution in [-0.4, -0.2) is 28.5 Å². The second-order valence-corrected chi connectivity index (χ2v) is 6.18. The monoisotopic (exact) mass is 363 g/mol. The number of amides is 1. The van der Waals surface area contributed by atoms with Crippen molar-refractivity contribution in [3.05, 3.63) is 71.1 Å². The van der Waals surface area contributed by atoms with Gasteiger partial charge in [-0.3, -0.25) is 4.79 Å². The summed E-state index contributed by atoms with van der Waals surface area (Å²) in [5.74, 6) is 1.41. The zero-order valence-electron chi connectivity index (χ0n) is 15.3. The van der Waals surface area contributed by atoms with Gasteiger partial charge in [-0.2, -0.15) is 5.26 Å². The van der Waals surface area contributed by atoms with Crippen molar-refractivity contribution in [2.75, 3.05) is 18.4 Å². The lowest BCUT2D eigenvalue weighted by molar-refractivity contribution is 0.0954. The number of aryl methyl sites for hydroxylation is 1. The predicted octanol–water partition coefficient (Wildman–Crippen LogP) is 2.85. The number of nitrogens with one attached hydrogen (secondary N) is 2. The van der Waals surface area contributed by atoms with Crippen molar-refractivity contribution in [2.45, 2.75) is 20.4 Å². The number of aromatic nitrogens is 2. The largest absolute Gasteiger partial charge is 0.467 e. The average molecular weight is 363 g/mol.